The Morgan fingerprint density at radius 3 is 2.61 bits per heavy atom. The number of nitrogens with one attached hydrogen (secondary N) is 3. The highest BCUT2D eigenvalue weighted by atomic mass is 32.1. The largest absolute Gasteiger partial charge is 0.496 e. The fraction of sp³-hybridized carbons (Fsp3) is 0.611. The number of quaternary nitrogens is 1. The number of para-hydroxylation sites is 1. The molecule has 0 aromatic heterocycles. The van der Waals surface area contributed by atoms with Crippen molar-refractivity contribution >= 4 is 17.3 Å². The van der Waals surface area contributed by atoms with E-state index in [0.717, 1.165) is 17.4 Å². The van der Waals surface area contributed by atoms with Crippen LogP contribution in [0.2, 0.25) is 0 Å². The molecule has 1 saturated carbocycles. The van der Waals surface area contributed by atoms with Gasteiger partial charge in [-0.15, -0.1) is 0 Å². The molecule has 0 heterocycles. The number of methoxy groups -OCH3 is 1. The van der Waals surface area contributed by atoms with Crippen molar-refractivity contribution in [2.45, 2.75) is 44.2 Å². The third-order valence-corrected chi connectivity index (χ3v) is 4.88. The zero-order valence-electron chi connectivity index (χ0n) is 14.5. The normalized spacial score (nSPS) is 16.9. The average molecular weight is 337 g/mol. The summed E-state index contributed by atoms with van der Waals surface area (Å²) in [5.74, 6) is 0.937. The number of hydrogen-bond donors (Lipinski definition) is 3. The highest BCUT2D eigenvalue weighted by molar-refractivity contribution is 7.80. The van der Waals surface area contributed by atoms with Crippen LogP contribution >= 0.6 is 12.2 Å². The molecule has 1 atom stereocenters. The van der Waals surface area contributed by atoms with Gasteiger partial charge in [-0.05, 0) is 37.2 Å². The Bertz CT molecular complexity index is 501. The summed E-state index contributed by atoms with van der Waals surface area (Å²) in [5.41, 5.74) is 1.21. The molecule has 1 aliphatic rings. The van der Waals surface area contributed by atoms with E-state index in [-0.39, 0.29) is 6.04 Å². The number of benzene rings is 1. The van der Waals surface area contributed by atoms with Gasteiger partial charge in [0.15, 0.2) is 5.11 Å². The van der Waals surface area contributed by atoms with Crippen LogP contribution in [0.3, 0.4) is 0 Å². The minimum absolute atomic E-state index is 0.289. The topological polar surface area (TPSA) is 37.7 Å². The lowest BCUT2D eigenvalue weighted by atomic mass is 9.96. The average Bonchev–Trinajstić information content (AvgIpc) is 2.56. The van der Waals surface area contributed by atoms with Gasteiger partial charge in [-0.1, -0.05) is 31.4 Å². The molecule has 0 saturated heterocycles. The SMILES string of the molecule is COc1ccccc1[C@H](CNC(=S)NC1CCCCC1)[NH+](C)C. The number of likely N-dealkylation sites (N-methyl/N-ethyl adjacent to an activating group) is 1. The van der Waals surface area contributed by atoms with E-state index in [2.05, 4.69) is 36.9 Å². The number of rotatable bonds is 6. The second-order valence-electron chi connectivity index (χ2n) is 6.56. The Balaban J connectivity index is 1.93. The molecule has 0 unspecified atom stereocenters. The van der Waals surface area contributed by atoms with E-state index in [9.17, 15) is 0 Å². The Kier molecular flexibility index (Phi) is 7.12. The highest BCUT2D eigenvalue weighted by Gasteiger charge is 2.22. The number of hydrogen-bond acceptors (Lipinski definition) is 2. The van der Waals surface area contributed by atoms with Gasteiger partial charge >= 0.3 is 0 Å². The fourth-order valence-corrected chi connectivity index (χ4v) is 3.51. The lowest BCUT2D eigenvalue weighted by Gasteiger charge is -2.27. The molecule has 3 N–H and O–H groups in total. The van der Waals surface area contributed by atoms with Gasteiger partial charge < -0.3 is 20.3 Å². The first-order chi connectivity index (χ1) is 11.1. The maximum Gasteiger partial charge on any atom is 0.166 e. The van der Waals surface area contributed by atoms with Gasteiger partial charge in [0.25, 0.3) is 0 Å². The quantitative estimate of drug-likeness (QED) is 0.691. The van der Waals surface area contributed by atoms with E-state index in [1.54, 1.807) is 7.11 Å². The van der Waals surface area contributed by atoms with Crippen LogP contribution in [0.15, 0.2) is 24.3 Å². The van der Waals surface area contributed by atoms with E-state index in [1.165, 1.54) is 42.6 Å². The summed E-state index contributed by atoms with van der Waals surface area (Å²) in [6.45, 7) is 0.793. The maximum atomic E-state index is 5.52. The molecule has 0 aliphatic heterocycles. The van der Waals surface area contributed by atoms with Crippen molar-refractivity contribution in [1.29, 1.82) is 0 Å². The molecule has 1 aromatic carbocycles. The van der Waals surface area contributed by atoms with Crippen LogP contribution in [0.25, 0.3) is 0 Å². The predicted octanol–water partition coefficient (Wildman–Crippen LogP) is 1.68. The summed E-state index contributed by atoms with van der Waals surface area (Å²) in [5, 5.41) is 7.65. The third kappa shape index (κ3) is 5.36. The lowest BCUT2D eigenvalue weighted by molar-refractivity contribution is -0.890. The van der Waals surface area contributed by atoms with Crippen LogP contribution < -0.4 is 20.3 Å². The van der Waals surface area contributed by atoms with Crippen molar-refractivity contribution in [3.63, 3.8) is 0 Å². The molecule has 0 bridgehead atoms. The zero-order chi connectivity index (χ0) is 16.7. The molecule has 128 valence electrons. The third-order valence-electron chi connectivity index (χ3n) is 4.62. The first-order valence-electron chi connectivity index (χ1n) is 8.59. The predicted molar refractivity (Wildman–Crippen MR) is 99.2 cm³/mol. The molecule has 1 aromatic rings. The van der Waals surface area contributed by atoms with Crippen LogP contribution in [-0.2, 0) is 0 Å². The summed E-state index contributed by atoms with van der Waals surface area (Å²) >= 11 is 5.49. The van der Waals surface area contributed by atoms with Crippen LogP contribution in [-0.4, -0.2) is 38.9 Å². The standard InChI is InChI=1S/C18H29N3OS/c1-21(2)16(15-11-7-8-12-17(15)22-3)13-19-18(23)20-14-9-5-4-6-10-14/h7-8,11-12,14,16H,4-6,9-10,13H2,1-3H3,(H2,19,20,23)/p+1/t16-/m0/s1. The van der Waals surface area contributed by atoms with E-state index in [1.807, 2.05) is 12.1 Å². The Labute approximate surface area is 145 Å². The second kappa shape index (κ2) is 9.08. The van der Waals surface area contributed by atoms with Crippen LogP contribution in [0.1, 0.15) is 43.7 Å². The van der Waals surface area contributed by atoms with Crippen LogP contribution in [0.4, 0.5) is 0 Å². The molecule has 23 heavy (non-hydrogen) atoms. The fourth-order valence-electron chi connectivity index (χ4n) is 3.26. The molecule has 0 spiro atoms. The highest BCUT2D eigenvalue weighted by Crippen LogP contribution is 2.22. The Morgan fingerprint density at radius 2 is 1.96 bits per heavy atom. The smallest absolute Gasteiger partial charge is 0.166 e. The van der Waals surface area contributed by atoms with Gasteiger partial charge in [0, 0.05) is 6.04 Å². The van der Waals surface area contributed by atoms with Gasteiger partial charge in [0.2, 0.25) is 0 Å². The van der Waals surface area contributed by atoms with E-state index < -0.39 is 0 Å². The van der Waals surface area contributed by atoms with Crippen LogP contribution in [0, 0.1) is 0 Å². The van der Waals surface area contributed by atoms with Crippen molar-refractivity contribution in [1.82, 2.24) is 10.6 Å². The van der Waals surface area contributed by atoms with Gasteiger partial charge in [-0.3, -0.25) is 0 Å². The van der Waals surface area contributed by atoms with Gasteiger partial charge in [-0.25, -0.2) is 0 Å². The lowest BCUT2D eigenvalue weighted by Crippen LogP contribution is -3.07. The Hall–Kier alpha value is -1.33. The van der Waals surface area contributed by atoms with E-state index in [4.69, 9.17) is 17.0 Å². The molecule has 1 aliphatic carbocycles. The van der Waals surface area contributed by atoms with Gasteiger partial charge in [-0.2, -0.15) is 0 Å². The van der Waals surface area contributed by atoms with Crippen molar-refractivity contribution in [3.8, 4) is 5.75 Å². The van der Waals surface area contributed by atoms with Gasteiger partial charge in [0.05, 0.1) is 33.3 Å². The van der Waals surface area contributed by atoms with Crippen molar-refractivity contribution in [3.05, 3.63) is 29.8 Å². The minimum Gasteiger partial charge on any atom is -0.496 e. The van der Waals surface area contributed by atoms with Crippen molar-refractivity contribution < 1.29 is 9.64 Å². The molecule has 0 radical (unpaired) electrons. The summed E-state index contributed by atoms with van der Waals surface area (Å²) in [6, 6.07) is 9.05. The summed E-state index contributed by atoms with van der Waals surface area (Å²) < 4.78 is 5.52. The van der Waals surface area contributed by atoms with Crippen molar-refractivity contribution in [2.24, 2.45) is 0 Å². The summed E-state index contributed by atoms with van der Waals surface area (Å²) in [6.07, 6.45) is 6.45. The second-order valence-corrected chi connectivity index (χ2v) is 6.97. The van der Waals surface area contributed by atoms with Crippen molar-refractivity contribution in [2.75, 3.05) is 27.7 Å². The van der Waals surface area contributed by atoms with E-state index in [0.29, 0.717) is 6.04 Å². The van der Waals surface area contributed by atoms with E-state index >= 15 is 0 Å². The molecule has 0 amide bonds. The summed E-state index contributed by atoms with van der Waals surface area (Å²) in [4.78, 5) is 1.35. The molecular weight excluding hydrogens is 306 g/mol. The molecule has 4 nitrogen and oxygen atoms in total. The molecule has 1 fully saturated rings. The van der Waals surface area contributed by atoms with Gasteiger partial charge in [0.1, 0.15) is 11.8 Å². The monoisotopic (exact) mass is 336 g/mol. The molecular formula is C18H30N3OS+. The number of ether oxygens (including phenoxy) is 1. The first-order valence-corrected chi connectivity index (χ1v) is 9.00. The first kappa shape index (κ1) is 18.0. The zero-order valence-corrected chi connectivity index (χ0v) is 15.3. The Morgan fingerprint density at radius 1 is 1.26 bits per heavy atom. The molecule has 2 rings (SSSR count). The minimum atomic E-state index is 0.289. The maximum absolute atomic E-state index is 5.52. The van der Waals surface area contributed by atoms with Crippen LogP contribution in [0.5, 0.6) is 5.75 Å². The summed E-state index contributed by atoms with van der Waals surface area (Å²) in [7, 11) is 6.05. The number of thiocarbonyl (C=S) groups is 1. The molecule has 5 heteroatoms.